The van der Waals surface area contributed by atoms with Crippen LogP contribution in [0.25, 0.3) is 44.5 Å². The maximum Gasteiger partial charge on any atom is 0.0520 e. The number of hydrogen-bond donors (Lipinski definition) is 0. The summed E-state index contributed by atoms with van der Waals surface area (Å²) in [6.07, 6.45) is 14.0. The molecule has 2 heteroatoms. The van der Waals surface area contributed by atoms with Gasteiger partial charge in [0, 0.05) is 28.4 Å². The molecular weight excluding hydrogens is 989 g/mol. The lowest BCUT2D eigenvalue weighted by molar-refractivity contribution is 0.646. The topological polar surface area (TPSA) is 6.48 Å². The lowest BCUT2D eigenvalue weighted by Gasteiger charge is -2.30. The van der Waals surface area contributed by atoms with Crippen molar-refractivity contribution in [3.8, 4) is 44.5 Å². The molecule has 0 unspecified atom stereocenters. The SMILES string of the molecule is CCCCCCc1cc(-c2ccc(N(c3ccc(-c4ccc(C)cc4)cc3)c3c(C)cc(CC(C)C)cc3C)cc2C)c(CCCCCC)cc1-c1ccc(N(c2ccc(CC(C)C)cc2)c2ccc(-c3ccc(C)cc3)cc2)cc1C. The smallest absolute Gasteiger partial charge is 0.0520 e. The number of rotatable bonds is 24. The van der Waals surface area contributed by atoms with E-state index in [4.69, 9.17) is 0 Å². The van der Waals surface area contributed by atoms with Gasteiger partial charge in [0.05, 0.1) is 5.69 Å². The first-order valence-corrected chi connectivity index (χ1v) is 31.2. The standard InChI is InChI=1S/C80H92N2/c1-13-15-17-19-21-69-54-79(77-46-44-75(52-60(77)10)82(80-61(11)49-64(48-56(5)6)50-62(80)12)73-41-35-68(36-42-73)66-31-25-58(8)26-32-66)70(22-20-18-16-14-2)53-78(69)76-45-43-74(51-59(76)9)81(71-37-27-63(28-38-71)47-55(3)4)72-39-33-67(34-40-72)65-29-23-57(7)24-30-65/h23-46,49-56H,13-22,47-48H2,1-12H3. The maximum absolute atomic E-state index is 2.62. The minimum atomic E-state index is 0.594. The van der Waals surface area contributed by atoms with Crippen molar-refractivity contribution in [3.63, 3.8) is 0 Å². The summed E-state index contributed by atoms with van der Waals surface area (Å²) in [6, 6.07) is 70.0. The van der Waals surface area contributed by atoms with Crippen LogP contribution in [0.1, 0.15) is 149 Å². The lowest BCUT2D eigenvalue weighted by atomic mass is 9.84. The van der Waals surface area contributed by atoms with E-state index in [0.717, 1.165) is 31.4 Å². The summed E-state index contributed by atoms with van der Waals surface area (Å²) in [5, 5.41) is 0. The molecule has 9 aromatic carbocycles. The Kier molecular flexibility index (Phi) is 19.9. The van der Waals surface area contributed by atoms with Crippen LogP contribution in [-0.4, -0.2) is 0 Å². The van der Waals surface area contributed by atoms with Crippen LogP contribution in [0.15, 0.2) is 182 Å². The molecule has 2 nitrogen and oxygen atoms in total. The van der Waals surface area contributed by atoms with Crippen molar-refractivity contribution in [2.75, 3.05) is 9.80 Å². The number of aryl methyl sites for hydroxylation is 8. The average molecular weight is 1080 g/mol. The van der Waals surface area contributed by atoms with Crippen LogP contribution in [0.5, 0.6) is 0 Å². The highest BCUT2D eigenvalue weighted by Gasteiger charge is 2.23. The quantitative estimate of drug-likeness (QED) is 0.0557. The second-order valence-electron chi connectivity index (χ2n) is 24.7. The van der Waals surface area contributed by atoms with Crippen molar-refractivity contribution >= 4 is 34.1 Å². The van der Waals surface area contributed by atoms with E-state index < -0.39 is 0 Å². The van der Waals surface area contributed by atoms with Crippen LogP contribution >= 0.6 is 0 Å². The molecule has 0 fully saturated rings. The molecule has 82 heavy (non-hydrogen) atoms. The summed E-state index contributed by atoms with van der Waals surface area (Å²) in [4.78, 5) is 4.96. The zero-order valence-corrected chi connectivity index (χ0v) is 51.9. The van der Waals surface area contributed by atoms with Crippen molar-refractivity contribution in [1.82, 2.24) is 0 Å². The van der Waals surface area contributed by atoms with Gasteiger partial charge in [0.2, 0.25) is 0 Å². The molecule has 0 aliphatic rings. The minimum absolute atomic E-state index is 0.594. The van der Waals surface area contributed by atoms with Gasteiger partial charge in [0.1, 0.15) is 0 Å². The van der Waals surface area contributed by atoms with E-state index in [2.05, 4.69) is 275 Å². The van der Waals surface area contributed by atoms with E-state index in [1.54, 1.807) is 0 Å². The van der Waals surface area contributed by atoms with E-state index in [0.29, 0.717) is 11.8 Å². The fraction of sp³-hybridized carbons (Fsp3) is 0.325. The van der Waals surface area contributed by atoms with Gasteiger partial charge in [0.15, 0.2) is 0 Å². The molecule has 9 aromatic rings. The van der Waals surface area contributed by atoms with Crippen molar-refractivity contribution in [2.45, 2.75) is 160 Å². The highest BCUT2D eigenvalue weighted by atomic mass is 15.1. The molecular formula is C80H92N2. The molecule has 422 valence electrons. The second kappa shape index (κ2) is 27.6. The molecule has 0 aromatic heterocycles. The van der Waals surface area contributed by atoms with Gasteiger partial charge >= 0.3 is 0 Å². The Labute approximate surface area is 495 Å². The molecule has 0 saturated heterocycles. The number of anilines is 6. The predicted molar refractivity (Wildman–Crippen MR) is 359 cm³/mol. The zero-order valence-electron chi connectivity index (χ0n) is 51.9. The summed E-state index contributed by atoms with van der Waals surface area (Å²) < 4.78 is 0. The van der Waals surface area contributed by atoms with E-state index in [1.807, 2.05) is 0 Å². The van der Waals surface area contributed by atoms with Gasteiger partial charge in [-0.15, -0.1) is 0 Å². The number of nitrogens with zero attached hydrogens (tertiary/aromatic N) is 2. The van der Waals surface area contributed by atoms with Crippen molar-refractivity contribution < 1.29 is 0 Å². The van der Waals surface area contributed by atoms with Gasteiger partial charge in [-0.1, -0.05) is 213 Å². The maximum atomic E-state index is 2.62. The molecule has 0 saturated carbocycles. The highest BCUT2D eigenvalue weighted by Crippen LogP contribution is 2.45. The lowest BCUT2D eigenvalue weighted by Crippen LogP contribution is -2.14. The summed E-state index contributed by atoms with van der Waals surface area (Å²) in [5.74, 6) is 1.20. The fourth-order valence-corrected chi connectivity index (χ4v) is 12.5. The Hall–Kier alpha value is -7.42. The predicted octanol–water partition coefficient (Wildman–Crippen LogP) is 23.8. The summed E-state index contributed by atoms with van der Waals surface area (Å²) in [5.41, 5.74) is 30.9. The minimum Gasteiger partial charge on any atom is -0.310 e. The van der Waals surface area contributed by atoms with Gasteiger partial charge < -0.3 is 9.80 Å². The molecule has 0 atom stereocenters. The van der Waals surface area contributed by atoms with Crippen molar-refractivity contribution in [2.24, 2.45) is 11.8 Å². The number of unbranched alkanes of at least 4 members (excludes halogenated alkanes) is 6. The van der Waals surface area contributed by atoms with Crippen LogP contribution in [-0.2, 0) is 25.7 Å². The molecule has 0 amide bonds. The molecule has 0 aliphatic heterocycles. The zero-order chi connectivity index (χ0) is 57.9. The Bertz CT molecular complexity index is 3500. The van der Waals surface area contributed by atoms with E-state index >= 15 is 0 Å². The monoisotopic (exact) mass is 1080 g/mol. The van der Waals surface area contributed by atoms with Crippen molar-refractivity contribution in [1.29, 1.82) is 0 Å². The number of hydrogen-bond acceptors (Lipinski definition) is 2. The first kappa shape index (κ1) is 59.2. The molecule has 9 rings (SSSR count). The van der Waals surface area contributed by atoms with Crippen LogP contribution in [0, 0.1) is 53.4 Å². The van der Waals surface area contributed by atoms with Gasteiger partial charge in [-0.05, 0) is 242 Å². The molecule has 0 radical (unpaired) electrons. The molecule has 0 spiro atoms. The van der Waals surface area contributed by atoms with Gasteiger partial charge in [-0.2, -0.15) is 0 Å². The van der Waals surface area contributed by atoms with E-state index in [1.165, 1.54) is 180 Å². The first-order valence-electron chi connectivity index (χ1n) is 31.2. The molecule has 0 heterocycles. The third-order valence-corrected chi connectivity index (χ3v) is 16.7. The van der Waals surface area contributed by atoms with E-state index in [9.17, 15) is 0 Å². The largest absolute Gasteiger partial charge is 0.310 e. The molecule has 0 N–H and O–H groups in total. The Morgan fingerprint density at radius 1 is 0.305 bits per heavy atom. The van der Waals surface area contributed by atoms with E-state index in [-0.39, 0.29) is 0 Å². The van der Waals surface area contributed by atoms with Crippen LogP contribution in [0.2, 0.25) is 0 Å². The molecule has 0 bridgehead atoms. The summed E-state index contributed by atoms with van der Waals surface area (Å²) >= 11 is 0. The number of benzene rings is 9. The Morgan fingerprint density at radius 2 is 0.659 bits per heavy atom. The third kappa shape index (κ3) is 14.4. The fourth-order valence-electron chi connectivity index (χ4n) is 12.5. The van der Waals surface area contributed by atoms with Gasteiger partial charge in [0.25, 0.3) is 0 Å². The first-order chi connectivity index (χ1) is 39.7. The second-order valence-corrected chi connectivity index (χ2v) is 24.7. The summed E-state index contributed by atoms with van der Waals surface area (Å²) in [7, 11) is 0. The third-order valence-electron chi connectivity index (χ3n) is 16.7. The van der Waals surface area contributed by atoms with Gasteiger partial charge in [-0.25, -0.2) is 0 Å². The van der Waals surface area contributed by atoms with Crippen LogP contribution in [0.4, 0.5) is 34.1 Å². The Morgan fingerprint density at radius 3 is 1.05 bits per heavy atom. The van der Waals surface area contributed by atoms with Crippen LogP contribution in [0.3, 0.4) is 0 Å². The van der Waals surface area contributed by atoms with Crippen molar-refractivity contribution in [3.05, 3.63) is 238 Å². The Balaban J connectivity index is 1.14. The molecule has 0 aliphatic carbocycles. The highest BCUT2D eigenvalue weighted by molar-refractivity contribution is 5.87. The van der Waals surface area contributed by atoms with Crippen LogP contribution < -0.4 is 9.80 Å². The normalized spacial score (nSPS) is 11.5. The van der Waals surface area contributed by atoms with Gasteiger partial charge in [-0.3, -0.25) is 0 Å². The summed E-state index contributed by atoms with van der Waals surface area (Å²) in [6.45, 7) is 27.5. The average Bonchev–Trinajstić information content (AvgIpc) is 3.66.